The summed E-state index contributed by atoms with van der Waals surface area (Å²) in [6.07, 6.45) is 3.35. The summed E-state index contributed by atoms with van der Waals surface area (Å²) in [6, 6.07) is 0. The van der Waals surface area contributed by atoms with Gasteiger partial charge < -0.3 is 5.73 Å². The number of nitrogen functional groups attached to an aromatic ring is 1. The lowest BCUT2D eigenvalue weighted by Gasteiger charge is -2.21. The molecule has 0 unspecified atom stereocenters. The van der Waals surface area contributed by atoms with Gasteiger partial charge in [0.15, 0.2) is 5.82 Å². The molecular formula is C9H14N6. The van der Waals surface area contributed by atoms with Gasteiger partial charge in [-0.15, -0.1) is 0 Å². The van der Waals surface area contributed by atoms with Crippen molar-refractivity contribution in [2.75, 3.05) is 5.73 Å². The molecule has 0 aliphatic heterocycles. The zero-order valence-electron chi connectivity index (χ0n) is 9.02. The summed E-state index contributed by atoms with van der Waals surface area (Å²) in [6.45, 7) is 5.85. The number of nitrogens with zero attached hydrogens (tertiary/aromatic N) is 4. The number of nitrogens with one attached hydrogen (secondary N) is 1. The van der Waals surface area contributed by atoms with E-state index in [0.29, 0.717) is 11.5 Å². The zero-order chi connectivity index (χ0) is 11.1. The predicted molar refractivity (Wildman–Crippen MR) is 56.2 cm³/mol. The highest BCUT2D eigenvalue weighted by atomic mass is 15.4. The summed E-state index contributed by atoms with van der Waals surface area (Å²) in [4.78, 5) is 4.13. The lowest BCUT2D eigenvalue weighted by molar-refractivity contribution is 0.368. The van der Waals surface area contributed by atoms with Gasteiger partial charge in [-0.3, -0.25) is 9.78 Å². The van der Waals surface area contributed by atoms with E-state index in [0.717, 1.165) is 5.69 Å². The van der Waals surface area contributed by atoms with Crippen LogP contribution in [-0.2, 0) is 5.54 Å². The molecule has 6 heteroatoms. The number of aromatic nitrogens is 5. The average Bonchev–Trinajstić information content (AvgIpc) is 2.77. The first-order valence-electron chi connectivity index (χ1n) is 4.70. The van der Waals surface area contributed by atoms with E-state index >= 15 is 0 Å². The molecule has 2 heterocycles. The first-order chi connectivity index (χ1) is 7.01. The van der Waals surface area contributed by atoms with Gasteiger partial charge >= 0.3 is 0 Å². The molecule has 15 heavy (non-hydrogen) atoms. The van der Waals surface area contributed by atoms with Crippen molar-refractivity contribution in [3.8, 4) is 0 Å². The normalized spacial score (nSPS) is 11.9. The third-order valence-electron chi connectivity index (χ3n) is 2.47. The average molecular weight is 206 g/mol. The second-order valence-corrected chi connectivity index (χ2v) is 4.00. The van der Waals surface area contributed by atoms with Crippen LogP contribution in [0.4, 0.5) is 5.69 Å². The maximum atomic E-state index is 5.76. The van der Waals surface area contributed by atoms with Gasteiger partial charge in [0.2, 0.25) is 0 Å². The minimum absolute atomic E-state index is 0.400. The van der Waals surface area contributed by atoms with Crippen LogP contribution in [0.25, 0.3) is 0 Å². The molecule has 6 nitrogen and oxygen atoms in total. The summed E-state index contributed by atoms with van der Waals surface area (Å²) in [5, 5.41) is 11.1. The molecule has 0 aromatic carbocycles. The Balaban J connectivity index is 2.46. The van der Waals surface area contributed by atoms with E-state index in [1.165, 1.54) is 0 Å². The third-order valence-corrected chi connectivity index (χ3v) is 2.47. The Morgan fingerprint density at radius 3 is 2.67 bits per heavy atom. The van der Waals surface area contributed by atoms with Gasteiger partial charge in [0.25, 0.3) is 0 Å². The summed E-state index contributed by atoms with van der Waals surface area (Å²) in [7, 11) is 0. The Morgan fingerprint density at radius 2 is 2.20 bits per heavy atom. The van der Waals surface area contributed by atoms with Crippen molar-refractivity contribution in [2.24, 2.45) is 0 Å². The highest BCUT2D eigenvalue weighted by Crippen LogP contribution is 2.22. The van der Waals surface area contributed by atoms with Crippen LogP contribution in [0.1, 0.15) is 25.4 Å². The molecule has 80 valence electrons. The Labute approximate surface area is 87.5 Å². The maximum absolute atomic E-state index is 5.76. The molecule has 0 saturated carbocycles. The van der Waals surface area contributed by atoms with Crippen LogP contribution in [0.15, 0.2) is 12.5 Å². The third kappa shape index (κ3) is 1.47. The van der Waals surface area contributed by atoms with Gasteiger partial charge in [-0.1, -0.05) is 0 Å². The number of nitrogens with two attached hydrogens (primary N) is 1. The number of hydrogen-bond donors (Lipinski definition) is 2. The first kappa shape index (κ1) is 9.70. The molecule has 0 spiro atoms. The summed E-state index contributed by atoms with van der Waals surface area (Å²) in [5.74, 6) is 0.685. The Hall–Kier alpha value is -1.85. The van der Waals surface area contributed by atoms with Crippen LogP contribution < -0.4 is 5.73 Å². The van der Waals surface area contributed by atoms with E-state index in [1.54, 1.807) is 17.2 Å². The van der Waals surface area contributed by atoms with E-state index in [1.807, 2.05) is 20.8 Å². The number of H-pyrrole nitrogens is 1. The first-order valence-corrected chi connectivity index (χ1v) is 4.70. The van der Waals surface area contributed by atoms with Crippen LogP contribution in [0.3, 0.4) is 0 Å². The number of aryl methyl sites for hydroxylation is 1. The van der Waals surface area contributed by atoms with Gasteiger partial charge in [0.1, 0.15) is 11.9 Å². The summed E-state index contributed by atoms with van der Waals surface area (Å²) < 4.78 is 1.78. The van der Waals surface area contributed by atoms with Gasteiger partial charge in [0, 0.05) is 6.20 Å². The van der Waals surface area contributed by atoms with E-state index in [-0.39, 0.29) is 0 Å². The van der Waals surface area contributed by atoms with Crippen molar-refractivity contribution in [2.45, 2.75) is 26.3 Å². The molecule has 0 bridgehead atoms. The molecule has 0 aliphatic rings. The molecule has 0 aliphatic carbocycles. The molecule has 0 saturated heterocycles. The Morgan fingerprint density at radius 1 is 1.47 bits per heavy atom. The Kier molecular flexibility index (Phi) is 1.99. The molecule has 0 fully saturated rings. The lowest BCUT2D eigenvalue weighted by Crippen LogP contribution is -2.29. The van der Waals surface area contributed by atoms with Gasteiger partial charge in [-0.05, 0) is 20.8 Å². The highest BCUT2D eigenvalue weighted by molar-refractivity contribution is 5.40. The van der Waals surface area contributed by atoms with Gasteiger partial charge in [-0.2, -0.15) is 10.2 Å². The second-order valence-electron chi connectivity index (χ2n) is 4.00. The molecule has 2 rings (SSSR count). The van der Waals surface area contributed by atoms with E-state index in [4.69, 9.17) is 5.73 Å². The second kappa shape index (κ2) is 3.08. The maximum Gasteiger partial charge on any atom is 0.177 e. The van der Waals surface area contributed by atoms with E-state index < -0.39 is 5.54 Å². The minimum atomic E-state index is -0.400. The van der Waals surface area contributed by atoms with Crippen LogP contribution in [0, 0.1) is 6.92 Å². The monoisotopic (exact) mass is 206 g/mol. The van der Waals surface area contributed by atoms with Gasteiger partial charge in [0.05, 0.1) is 11.4 Å². The minimum Gasteiger partial charge on any atom is -0.396 e. The van der Waals surface area contributed by atoms with Crippen molar-refractivity contribution in [1.82, 2.24) is 25.0 Å². The summed E-state index contributed by atoms with van der Waals surface area (Å²) in [5.41, 5.74) is 6.86. The Bertz CT molecular complexity index is 433. The van der Waals surface area contributed by atoms with Crippen LogP contribution in [-0.4, -0.2) is 25.0 Å². The summed E-state index contributed by atoms with van der Waals surface area (Å²) >= 11 is 0. The number of rotatable bonds is 2. The van der Waals surface area contributed by atoms with Crippen LogP contribution in [0.2, 0.25) is 0 Å². The molecule has 0 amide bonds. The smallest absolute Gasteiger partial charge is 0.177 e. The molecular weight excluding hydrogens is 192 g/mol. The molecule has 2 aromatic heterocycles. The fourth-order valence-electron chi connectivity index (χ4n) is 1.37. The largest absolute Gasteiger partial charge is 0.396 e. The topological polar surface area (TPSA) is 85.4 Å². The fourth-order valence-corrected chi connectivity index (χ4v) is 1.37. The predicted octanol–water partition coefficient (Wildman–Crippen LogP) is 0.675. The van der Waals surface area contributed by atoms with E-state index in [9.17, 15) is 0 Å². The van der Waals surface area contributed by atoms with Gasteiger partial charge in [-0.25, -0.2) is 4.98 Å². The zero-order valence-corrected chi connectivity index (χ0v) is 9.02. The van der Waals surface area contributed by atoms with Crippen LogP contribution in [0.5, 0.6) is 0 Å². The van der Waals surface area contributed by atoms with Crippen molar-refractivity contribution < 1.29 is 0 Å². The lowest BCUT2D eigenvalue weighted by atomic mass is 10.1. The molecule has 3 N–H and O–H groups in total. The standard InChI is InChI=1S/C9H14N6/c1-6-7(10)4-15(14-6)9(2,3)8-11-5-12-13-8/h4-5H,10H2,1-3H3,(H,11,12,13). The molecule has 2 aromatic rings. The fraction of sp³-hybridized carbons (Fsp3) is 0.444. The number of aromatic amines is 1. The molecule has 0 atom stereocenters. The van der Waals surface area contributed by atoms with E-state index in [2.05, 4.69) is 20.3 Å². The SMILES string of the molecule is Cc1nn(C(C)(C)c2nc[nH]n2)cc1N. The van der Waals surface area contributed by atoms with Crippen molar-refractivity contribution in [3.63, 3.8) is 0 Å². The number of hydrogen-bond acceptors (Lipinski definition) is 4. The van der Waals surface area contributed by atoms with Crippen molar-refractivity contribution >= 4 is 5.69 Å². The van der Waals surface area contributed by atoms with Crippen molar-refractivity contribution in [1.29, 1.82) is 0 Å². The van der Waals surface area contributed by atoms with Crippen molar-refractivity contribution in [3.05, 3.63) is 24.0 Å². The van der Waals surface area contributed by atoms with Crippen LogP contribution >= 0.6 is 0 Å². The number of anilines is 1. The highest BCUT2D eigenvalue weighted by Gasteiger charge is 2.28. The molecule has 0 radical (unpaired) electrons. The quantitative estimate of drug-likeness (QED) is 0.756.